The Labute approximate surface area is 113 Å². The average Bonchev–Trinajstić information content (AvgIpc) is 3.14. The maximum atomic E-state index is 5.66. The summed E-state index contributed by atoms with van der Waals surface area (Å²) in [5, 5.41) is 3.47. The van der Waals surface area contributed by atoms with Gasteiger partial charge in [-0.1, -0.05) is 13.8 Å². The highest BCUT2D eigenvalue weighted by Gasteiger charge is 2.25. The summed E-state index contributed by atoms with van der Waals surface area (Å²) in [6, 6.07) is 0.862. The van der Waals surface area contributed by atoms with Crippen molar-refractivity contribution < 1.29 is 4.74 Å². The molecule has 0 radical (unpaired) electrons. The Kier molecular flexibility index (Phi) is 8.64. The average molecular weight is 256 g/mol. The minimum atomic E-state index is 0.761. The van der Waals surface area contributed by atoms with Crippen molar-refractivity contribution in [3.8, 4) is 0 Å². The molecule has 1 N–H and O–H groups in total. The van der Waals surface area contributed by atoms with E-state index in [9.17, 15) is 0 Å². The van der Waals surface area contributed by atoms with Crippen LogP contribution >= 0.6 is 0 Å². The molecule has 1 aliphatic rings. The van der Waals surface area contributed by atoms with Crippen LogP contribution in [0.2, 0.25) is 0 Å². The monoisotopic (exact) mass is 256 g/mol. The fraction of sp³-hybridized carbons (Fsp3) is 1.00. The molecule has 3 heteroatoms. The molecule has 1 rings (SSSR count). The van der Waals surface area contributed by atoms with E-state index in [-0.39, 0.29) is 0 Å². The summed E-state index contributed by atoms with van der Waals surface area (Å²) in [7, 11) is 2.21. The number of rotatable bonds is 12. The zero-order valence-electron chi connectivity index (χ0n) is 12.6. The number of ether oxygens (including phenoxy) is 1. The van der Waals surface area contributed by atoms with E-state index < -0.39 is 0 Å². The highest BCUT2D eigenvalue weighted by molar-refractivity contribution is 4.81. The van der Waals surface area contributed by atoms with Gasteiger partial charge in [0.05, 0.1) is 6.61 Å². The van der Waals surface area contributed by atoms with Crippen molar-refractivity contribution >= 4 is 0 Å². The van der Waals surface area contributed by atoms with Crippen LogP contribution in [0.4, 0.5) is 0 Å². The van der Waals surface area contributed by atoms with Crippen molar-refractivity contribution in [2.75, 3.05) is 39.9 Å². The quantitative estimate of drug-likeness (QED) is 0.543. The SMILES string of the molecule is CC(C)CNCCCCCOCCN(C)C1CC1. The molecule has 0 bridgehead atoms. The molecule has 0 aromatic heterocycles. The van der Waals surface area contributed by atoms with Crippen LogP contribution in [0.3, 0.4) is 0 Å². The van der Waals surface area contributed by atoms with E-state index >= 15 is 0 Å². The van der Waals surface area contributed by atoms with Crippen LogP contribution in [0.1, 0.15) is 46.0 Å². The smallest absolute Gasteiger partial charge is 0.0593 e. The van der Waals surface area contributed by atoms with Gasteiger partial charge < -0.3 is 15.0 Å². The first-order chi connectivity index (χ1) is 8.70. The fourth-order valence-electron chi connectivity index (χ4n) is 2.03. The molecular formula is C15H32N2O. The minimum Gasteiger partial charge on any atom is -0.380 e. The maximum absolute atomic E-state index is 5.66. The second-order valence-electron chi connectivity index (χ2n) is 5.98. The van der Waals surface area contributed by atoms with Gasteiger partial charge in [0, 0.05) is 19.2 Å². The normalized spacial score (nSPS) is 15.8. The number of hydrogen-bond donors (Lipinski definition) is 1. The van der Waals surface area contributed by atoms with Gasteiger partial charge in [-0.05, 0) is 58.2 Å². The van der Waals surface area contributed by atoms with Gasteiger partial charge in [0.15, 0.2) is 0 Å². The molecule has 1 aliphatic carbocycles. The number of unbranched alkanes of at least 4 members (excludes halogenated alkanes) is 2. The van der Waals surface area contributed by atoms with E-state index in [0.29, 0.717) is 0 Å². The molecule has 1 saturated carbocycles. The molecule has 0 unspecified atom stereocenters. The van der Waals surface area contributed by atoms with Gasteiger partial charge in [-0.15, -0.1) is 0 Å². The summed E-state index contributed by atoms with van der Waals surface area (Å²) in [5.74, 6) is 0.761. The molecular weight excluding hydrogens is 224 g/mol. The molecule has 0 aliphatic heterocycles. The zero-order chi connectivity index (χ0) is 13.2. The summed E-state index contributed by atoms with van der Waals surface area (Å²) in [5.41, 5.74) is 0. The van der Waals surface area contributed by atoms with Gasteiger partial charge >= 0.3 is 0 Å². The van der Waals surface area contributed by atoms with Crippen LogP contribution < -0.4 is 5.32 Å². The van der Waals surface area contributed by atoms with Crippen molar-refractivity contribution in [1.29, 1.82) is 0 Å². The van der Waals surface area contributed by atoms with E-state index in [1.807, 2.05) is 0 Å². The van der Waals surface area contributed by atoms with E-state index in [2.05, 4.69) is 31.1 Å². The molecule has 0 heterocycles. The third-order valence-corrected chi connectivity index (χ3v) is 3.45. The topological polar surface area (TPSA) is 24.5 Å². The predicted octanol–water partition coefficient (Wildman–Crippen LogP) is 2.51. The minimum absolute atomic E-state index is 0.761. The first-order valence-corrected chi connectivity index (χ1v) is 7.69. The van der Waals surface area contributed by atoms with Gasteiger partial charge in [-0.25, -0.2) is 0 Å². The number of nitrogens with one attached hydrogen (secondary N) is 1. The Balaban J connectivity index is 1.70. The summed E-state index contributed by atoms with van der Waals surface area (Å²) in [6.45, 7) is 9.73. The van der Waals surface area contributed by atoms with Crippen molar-refractivity contribution in [3.63, 3.8) is 0 Å². The standard InChI is InChI=1S/C15H32N2O/c1-14(2)13-16-9-5-4-6-11-18-12-10-17(3)15-7-8-15/h14-16H,4-13H2,1-3H3. The fourth-order valence-corrected chi connectivity index (χ4v) is 2.03. The summed E-state index contributed by atoms with van der Waals surface area (Å²) in [4.78, 5) is 2.43. The van der Waals surface area contributed by atoms with Gasteiger partial charge in [-0.2, -0.15) is 0 Å². The molecule has 3 nitrogen and oxygen atoms in total. The molecule has 0 atom stereocenters. The Bertz CT molecular complexity index is 193. The molecule has 0 spiro atoms. The largest absolute Gasteiger partial charge is 0.380 e. The van der Waals surface area contributed by atoms with Crippen molar-refractivity contribution in [2.24, 2.45) is 5.92 Å². The van der Waals surface area contributed by atoms with Gasteiger partial charge in [0.2, 0.25) is 0 Å². The Morgan fingerprint density at radius 1 is 1.17 bits per heavy atom. The first kappa shape index (κ1) is 15.9. The second kappa shape index (κ2) is 9.76. The Morgan fingerprint density at radius 2 is 1.94 bits per heavy atom. The van der Waals surface area contributed by atoms with E-state index in [4.69, 9.17) is 4.74 Å². The lowest BCUT2D eigenvalue weighted by Gasteiger charge is -2.15. The zero-order valence-corrected chi connectivity index (χ0v) is 12.6. The number of likely N-dealkylation sites (N-methyl/N-ethyl adjacent to an activating group) is 1. The molecule has 18 heavy (non-hydrogen) atoms. The summed E-state index contributed by atoms with van der Waals surface area (Å²) >= 11 is 0. The van der Waals surface area contributed by atoms with E-state index in [1.165, 1.54) is 32.1 Å². The first-order valence-electron chi connectivity index (χ1n) is 7.69. The highest BCUT2D eigenvalue weighted by atomic mass is 16.5. The Morgan fingerprint density at radius 3 is 2.61 bits per heavy atom. The van der Waals surface area contributed by atoms with Gasteiger partial charge in [0.25, 0.3) is 0 Å². The predicted molar refractivity (Wildman–Crippen MR) is 78.0 cm³/mol. The van der Waals surface area contributed by atoms with Crippen LogP contribution in [0, 0.1) is 5.92 Å². The van der Waals surface area contributed by atoms with E-state index in [1.54, 1.807) is 0 Å². The van der Waals surface area contributed by atoms with Crippen molar-refractivity contribution in [1.82, 2.24) is 10.2 Å². The van der Waals surface area contributed by atoms with Crippen LogP contribution in [-0.2, 0) is 4.74 Å². The lowest BCUT2D eigenvalue weighted by Crippen LogP contribution is -2.25. The molecule has 1 fully saturated rings. The van der Waals surface area contributed by atoms with Crippen LogP contribution in [0.5, 0.6) is 0 Å². The molecule has 0 saturated heterocycles. The lowest BCUT2D eigenvalue weighted by atomic mass is 10.2. The van der Waals surface area contributed by atoms with Crippen LogP contribution in [0.15, 0.2) is 0 Å². The third kappa shape index (κ3) is 8.90. The Hall–Kier alpha value is -0.120. The molecule has 108 valence electrons. The van der Waals surface area contributed by atoms with E-state index in [0.717, 1.165) is 44.8 Å². The molecule has 0 amide bonds. The number of nitrogens with zero attached hydrogens (tertiary/aromatic N) is 1. The molecule has 0 aromatic carbocycles. The lowest BCUT2D eigenvalue weighted by molar-refractivity contribution is 0.106. The van der Waals surface area contributed by atoms with Crippen molar-refractivity contribution in [3.05, 3.63) is 0 Å². The third-order valence-electron chi connectivity index (χ3n) is 3.45. The highest BCUT2D eigenvalue weighted by Crippen LogP contribution is 2.24. The second-order valence-corrected chi connectivity index (χ2v) is 5.98. The van der Waals surface area contributed by atoms with Gasteiger partial charge in [-0.3, -0.25) is 0 Å². The van der Waals surface area contributed by atoms with Crippen LogP contribution in [-0.4, -0.2) is 50.8 Å². The molecule has 0 aromatic rings. The number of hydrogen-bond acceptors (Lipinski definition) is 3. The summed E-state index contributed by atoms with van der Waals surface area (Å²) in [6.07, 6.45) is 6.54. The van der Waals surface area contributed by atoms with Crippen LogP contribution in [0.25, 0.3) is 0 Å². The van der Waals surface area contributed by atoms with Crippen molar-refractivity contribution in [2.45, 2.75) is 52.0 Å². The summed E-state index contributed by atoms with van der Waals surface area (Å²) < 4.78 is 5.66. The maximum Gasteiger partial charge on any atom is 0.0593 e. The van der Waals surface area contributed by atoms with Gasteiger partial charge in [0.1, 0.15) is 0 Å².